The van der Waals surface area contributed by atoms with Gasteiger partial charge < -0.3 is 0 Å². The number of hydrogen-bond acceptors (Lipinski definition) is 3. The van der Waals surface area contributed by atoms with E-state index in [1.807, 2.05) is 18.2 Å². The van der Waals surface area contributed by atoms with Gasteiger partial charge in [0.1, 0.15) is 0 Å². The number of fused-ring (bicyclic) bond motifs is 3. The summed E-state index contributed by atoms with van der Waals surface area (Å²) in [4.78, 5) is 28.7. The van der Waals surface area contributed by atoms with Crippen LogP contribution < -0.4 is 0 Å². The van der Waals surface area contributed by atoms with Crippen molar-refractivity contribution in [3.8, 4) is 11.3 Å². The van der Waals surface area contributed by atoms with Crippen LogP contribution in [0.25, 0.3) is 11.3 Å². The Bertz CT molecular complexity index is 739. The molecule has 20 heavy (non-hydrogen) atoms. The predicted octanol–water partition coefficient (Wildman–Crippen LogP) is 3.43. The van der Waals surface area contributed by atoms with E-state index >= 15 is 0 Å². The summed E-state index contributed by atoms with van der Waals surface area (Å²) in [7, 11) is 0. The molecule has 0 aliphatic heterocycles. The minimum Gasteiger partial charge on any atom is -0.285 e. The van der Waals surface area contributed by atoms with Crippen molar-refractivity contribution in [1.82, 2.24) is 4.98 Å². The lowest BCUT2D eigenvalue weighted by molar-refractivity contribution is 0.0815. The number of aromatic nitrogens is 1. The first kappa shape index (κ1) is 12.7. The van der Waals surface area contributed by atoms with Crippen LogP contribution in [-0.2, 0) is 5.41 Å². The summed E-state index contributed by atoms with van der Waals surface area (Å²) in [6.45, 7) is 6.24. The molecule has 0 radical (unpaired) electrons. The van der Waals surface area contributed by atoms with Gasteiger partial charge in [-0.1, -0.05) is 32.9 Å². The van der Waals surface area contributed by atoms with Crippen molar-refractivity contribution in [2.75, 3.05) is 0 Å². The van der Waals surface area contributed by atoms with Gasteiger partial charge in [0.15, 0.2) is 0 Å². The molecule has 0 amide bonds. The van der Waals surface area contributed by atoms with Crippen LogP contribution in [0, 0.1) is 0 Å². The topological polar surface area (TPSA) is 47.0 Å². The van der Waals surface area contributed by atoms with Gasteiger partial charge in [-0.3, -0.25) is 14.6 Å². The van der Waals surface area contributed by atoms with E-state index in [-0.39, 0.29) is 5.41 Å². The fourth-order valence-electron chi connectivity index (χ4n) is 2.45. The number of Topliss-reactive ketones (excluding diaryl/α,β-unsaturated/α-hetero) is 2. The largest absolute Gasteiger partial charge is 0.285 e. The van der Waals surface area contributed by atoms with Crippen molar-refractivity contribution in [2.24, 2.45) is 0 Å². The summed E-state index contributed by atoms with van der Waals surface area (Å²) in [5, 5.41) is 0. The molecule has 1 aromatic carbocycles. The van der Waals surface area contributed by atoms with Crippen molar-refractivity contribution in [3.63, 3.8) is 0 Å². The first-order chi connectivity index (χ1) is 9.39. The Morgan fingerprint density at radius 2 is 1.60 bits per heavy atom. The third kappa shape index (κ3) is 1.78. The molecular weight excluding hydrogens is 250 g/mol. The second-order valence-electron chi connectivity index (χ2n) is 6.07. The van der Waals surface area contributed by atoms with E-state index in [0.29, 0.717) is 16.8 Å². The standard InChI is InChI=1S/C17H15NO2/c1-17(2,3)10-6-7-11-13(9-10)16(20)15(19)12-5-4-8-18-14(11)12/h4-9H,1-3H3. The molecule has 1 aromatic heterocycles. The van der Waals surface area contributed by atoms with Crippen molar-refractivity contribution in [3.05, 3.63) is 53.2 Å². The molecule has 0 saturated carbocycles. The molecule has 0 unspecified atom stereocenters. The molecular formula is C17H15NO2. The van der Waals surface area contributed by atoms with Crippen LogP contribution in [0.4, 0.5) is 0 Å². The minimum atomic E-state index is -0.466. The summed E-state index contributed by atoms with van der Waals surface area (Å²) in [5.41, 5.74) is 3.19. The molecule has 0 saturated heterocycles. The third-order valence-corrected chi connectivity index (χ3v) is 3.64. The Balaban J connectivity index is 2.29. The van der Waals surface area contributed by atoms with Crippen molar-refractivity contribution in [2.45, 2.75) is 26.2 Å². The fourth-order valence-corrected chi connectivity index (χ4v) is 2.45. The molecule has 0 spiro atoms. The molecule has 0 fully saturated rings. The highest BCUT2D eigenvalue weighted by atomic mass is 16.2. The summed E-state index contributed by atoms with van der Waals surface area (Å²) in [5.74, 6) is -0.904. The molecule has 3 heteroatoms. The number of rotatable bonds is 0. The fraction of sp³-hybridized carbons (Fsp3) is 0.235. The number of carbonyl (C=O) groups excluding carboxylic acids is 2. The number of hydrogen-bond donors (Lipinski definition) is 0. The zero-order valence-corrected chi connectivity index (χ0v) is 11.7. The van der Waals surface area contributed by atoms with Gasteiger partial charge in [0.25, 0.3) is 0 Å². The maximum atomic E-state index is 12.3. The molecule has 3 nitrogen and oxygen atoms in total. The third-order valence-electron chi connectivity index (χ3n) is 3.64. The van der Waals surface area contributed by atoms with Gasteiger partial charge in [0.2, 0.25) is 11.6 Å². The average molecular weight is 265 g/mol. The second kappa shape index (κ2) is 4.10. The monoisotopic (exact) mass is 265 g/mol. The Labute approximate surface area is 117 Å². The van der Waals surface area contributed by atoms with Gasteiger partial charge in [0, 0.05) is 17.3 Å². The lowest BCUT2D eigenvalue weighted by Gasteiger charge is -2.23. The van der Waals surface area contributed by atoms with Crippen molar-refractivity contribution in [1.29, 1.82) is 0 Å². The molecule has 3 rings (SSSR count). The van der Waals surface area contributed by atoms with Gasteiger partial charge in [-0.15, -0.1) is 0 Å². The Hall–Kier alpha value is -2.29. The highest BCUT2D eigenvalue weighted by Gasteiger charge is 2.32. The predicted molar refractivity (Wildman–Crippen MR) is 77.0 cm³/mol. The summed E-state index contributed by atoms with van der Waals surface area (Å²) in [6, 6.07) is 9.06. The number of carbonyl (C=O) groups is 2. The number of nitrogens with zero attached hydrogens (tertiary/aromatic N) is 1. The Morgan fingerprint density at radius 1 is 0.900 bits per heavy atom. The summed E-state index contributed by atoms with van der Waals surface area (Å²) >= 11 is 0. The zero-order valence-electron chi connectivity index (χ0n) is 11.7. The van der Waals surface area contributed by atoms with E-state index in [1.54, 1.807) is 18.3 Å². The smallest absolute Gasteiger partial charge is 0.235 e. The van der Waals surface area contributed by atoms with Crippen molar-refractivity contribution >= 4 is 11.6 Å². The Morgan fingerprint density at radius 3 is 2.30 bits per heavy atom. The molecule has 1 aliphatic carbocycles. The maximum Gasteiger partial charge on any atom is 0.235 e. The highest BCUT2D eigenvalue weighted by molar-refractivity contribution is 6.52. The first-order valence-electron chi connectivity index (χ1n) is 6.58. The van der Waals surface area contributed by atoms with Crippen LogP contribution in [0.15, 0.2) is 36.5 Å². The molecule has 2 aromatic rings. The van der Waals surface area contributed by atoms with Crippen LogP contribution in [0.5, 0.6) is 0 Å². The lowest BCUT2D eigenvalue weighted by atomic mass is 9.81. The van der Waals surface area contributed by atoms with E-state index in [2.05, 4.69) is 25.8 Å². The van der Waals surface area contributed by atoms with E-state index in [0.717, 1.165) is 11.1 Å². The van der Waals surface area contributed by atoms with E-state index < -0.39 is 11.6 Å². The van der Waals surface area contributed by atoms with Crippen LogP contribution in [0.1, 0.15) is 47.1 Å². The Kier molecular flexibility index (Phi) is 2.61. The minimum absolute atomic E-state index is 0.0667. The van der Waals surface area contributed by atoms with Gasteiger partial charge in [-0.2, -0.15) is 0 Å². The molecule has 100 valence electrons. The van der Waals surface area contributed by atoms with Crippen LogP contribution in [0.2, 0.25) is 0 Å². The highest BCUT2D eigenvalue weighted by Crippen LogP contribution is 2.34. The zero-order chi connectivity index (χ0) is 14.5. The molecule has 1 aliphatic rings. The quantitative estimate of drug-likeness (QED) is 0.686. The average Bonchev–Trinajstić information content (AvgIpc) is 2.43. The SMILES string of the molecule is CC(C)(C)c1ccc2c(c1)C(=O)C(=O)c1cccnc1-2. The molecule has 0 N–H and O–H groups in total. The van der Waals surface area contributed by atoms with Gasteiger partial charge >= 0.3 is 0 Å². The van der Waals surface area contributed by atoms with E-state index in [1.165, 1.54) is 0 Å². The lowest BCUT2D eigenvalue weighted by Crippen LogP contribution is -2.23. The van der Waals surface area contributed by atoms with E-state index in [4.69, 9.17) is 0 Å². The number of benzene rings is 1. The first-order valence-corrected chi connectivity index (χ1v) is 6.58. The molecule has 1 heterocycles. The summed E-state index contributed by atoms with van der Waals surface area (Å²) < 4.78 is 0. The maximum absolute atomic E-state index is 12.3. The normalized spacial score (nSPS) is 13.9. The number of pyridine rings is 1. The van der Waals surface area contributed by atoms with Gasteiger partial charge in [0.05, 0.1) is 11.3 Å². The number of ketones is 2. The second-order valence-corrected chi connectivity index (χ2v) is 6.07. The van der Waals surface area contributed by atoms with Crippen LogP contribution in [-0.4, -0.2) is 16.6 Å². The molecule has 0 atom stereocenters. The van der Waals surface area contributed by atoms with Crippen LogP contribution >= 0.6 is 0 Å². The van der Waals surface area contributed by atoms with Crippen molar-refractivity contribution < 1.29 is 9.59 Å². The summed E-state index contributed by atoms with van der Waals surface area (Å²) in [6.07, 6.45) is 1.64. The van der Waals surface area contributed by atoms with Crippen LogP contribution in [0.3, 0.4) is 0 Å². The van der Waals surface area contributed by atoms with Gasteiger partial charge in [-0.25, -0.2) is 0 Å². The molecule has 0 bridgehead atoms. The van der Waals surface area contributed by atoms with Gasteiger partial charge in [-0.05, 0) is 29.2 Å². The van der Waals surface area contributed by atoms with E-state index in [9.17, 15) is 9.59 Å².